The van der Waals surface area contributed by atoms with E-state index in [-0.39, 0.29) is 11.2 Å². The van der Waals surface area contributed by atoms with Crippen molar-refractivity contribution >= 4 is 17.7 Å². The summed E-state index contributed by atoms with van der Waals surface area (Å²) in [5.74, 6) is 0.537. The van der Waals surface area contributed by atoms with Crippen LogP contribution in [0.15, 0.2) is 58.3 Å². The number of thioether (sulfide) groups is 1. The van der Waals surface area contributed by atoms with Gasteiger partial charge in [0.25, 0.3) is 11.1 Å². The molecule has 1 aliphatic rings. The Hall–Kier alpha value is -2.54. The van der Waals surface area contributed by atoms with Crippen LogP contribution in [-0.4, -0.2) is 39.1 Å². The molecule has 0 aliphatic carbocycles. The molecule has 1 saturated heterocycles. The molecule has 0 bridgehead atoms. The lowest BCUT2D eigenvalue weighted by Gasteiger charge is -2.29. The highest BCUT2D eigenvalue weighted by Crippen LogP contribution is 2.37. The summed E-state index contributed by atoms with van der Waals surface area (Å²) in [4.78, 5) is 18.1. The van der Waals surface area contributed by atoms with Gasteiger partial charge >= 0.3 is 0 Å². The summed E-state index contributed by atoms with van der Waals surface area (Å²) in [7, 11) is 0. The van der Waals surface area contributed by atoms with Gasteiger partial charge in [0.2, 0.25) is 5.91 Å². The second-order valence-corrected chi connectivity index (χ2v) is 7.31. The van der Waals surface area contributed by atoms with Crippen molar-refractivity contribution in [2.45, 2.75) is 29.7 Å². The topological polar surface area (TPSA) is 75.0 Å². The highest BCUT2D eigenvalue weighted by atomic mass is 32.2. The van der Waals surface area contributed by atoms with Gasteiger partial charge in [0, 0.05) is 19.3 Å². The molecular weight excluding hydrogens is 348 g/mol. The Bertz CT molecular complexity index is 842. The van der Waals surface area contributed by atoms with Crippen LogP contribution in [0.3, 0.4) is 0 Å². The van der Waals surface area contributed by atoms with Crippen molar-refractivity contribution < 1.29 is 9.21 Å². The summed E-state index contributed by atoms with van der Waals surface area (Å²) in [6.45, 7) is 1.64. The number of H-pyrrole nitrogens is 1. The smallest absolute Gasteiger partial charge is 0.278 e. The number of benzene rings is 1. The Kier molecular flexibility index (Phi) is 5.06. The third-order valence-corrected chi connectivity index (χ3v) is 5.52. The number of hydrogen-bond donors (Lipinski definition) is 1. The standard InChI is InChI=1S/C19H20N4O2S/c24-18(23-12-5-2-6-13-23)16(14-8-3-1-4-9-14)26-19-22-21-17(25-19)15-10-7-11-20-15/h1,3-4,7-11,16,20H,2,5-6,12-13H2/t16-/m0/s1. The number of aromatic amines is 1. The molecule has 1 amide bonds. The molecular formula is C19H20N4O2S. The summed E-state index contributed by atoms with van der Waals surface area (Å²) in [5.41, 5.74) is 1.72. The first-order valence-corrected chi connectivity index (χ1v) is 9.67. The zero-order valence-corrected chi connectivity index (χ0v) is 15.1. The monoisotopic (exact) mass is 368 g/mol. The molecule has 1 aromatic carbocycles. The van der Waals surface area contributed by atoms with Crippen molar-refractivity contribution in [1.29, 1.82) is 0 Å². The molecule has 3 heterocycles. The molecule has 1 fully saturated rings. The van der Waals surface area contributed by atoms with Crippen LogP contribution in [0.2, 0.25) is 0 Å². The third kappa shape index (κ3) is 3.67. The number of rotatable bonds is 5. The number of piperidine rings is 1. The van der Waals surface area contributed by atoms with Gasteiger partial charge in [-0.25, -0.2) is 0 Å². The van der Waals surface area contributed by atoms with Crippen LogP contribution in [-0.2, 0) is 4.79 Å². The summed E-state index contributed by atoms with van der Waals surface area (Å²) in [6, 6.07) is 13.5. The second-order valence-electron chi connectivity index (χ2n) is 6.25. The number of hydrogen-bond acceptors (Lipinski definition) is 5. The maximum absolute atomic E-state index is 13.1. The van der Waals surface area contributed by atoms with Crippen LogP contribution in [0.1, 0.15) is 30.1 Å². The van der Waals surface area contributed by atoms with Gasteiger partial charge < -0.3 is 14.3 Å². The fourth-order valence-electron chi connectivity index (χ4n) is 3.10. The van der Waals surface area contributed by atoms with Crippen molar-refractivity contribution in [3.8, 4) is 11.6 Å². The molecule has 0 radical (unpaired) electrons. The van der Waals surface area contributed by atoms with Gasteiger partial charge in [0.05, 0.1) is 0 Å². The van der Waals surface area contributed by atoms with E-state index >= 15 is 0 Å². The lowest BCUT2D eigenvalue weighted by Crippen LogP contribution is -2.38. The zero-order valence-electron chi connectivity index (χ0n) is 14.3. The number of carbonyl (C=O) groups is 1. The highest BCUT2D eigenvalue weighted by molar-refractivity contribution is 8.00. The van der Waals surface area contributed by atoms with Crippen LogP contribution >= 0.6 is 11.8 Å². The molecule has 1 atom stereocenters. The van der Waals surface area contributed by atoms with E-state index < -0.39 is 0 Å². The van der Waals surface area contributed by atoms with Crippen LogP contribution in [0.25, 0.3) is 11.6 Å². The largest absolute Gasteiger partial charge is 0.410 e. The molecule has 0 saturated carbocycles. The molecule has 2 aromatic heterocycles. The summed E-state index contributed by atoms with van der Waals surface area (Å²) in [5, 5.41) is 8.22. The highest BCUT2D eigenvalue weighted by Gasteiger charge is 2.29. The Balaban J connectivity index is 1.58. The van der Waals surface area contributed by atoms with E-state index in [1.807, 2.05) is 47.4 Å². The number of amides is 1. The van der Waals surface area contributed by atoms with Gasteiger partial charge in [0.1, 0.15) is 10.9 Å². The molecule has 1 N–H and O–H groups in total. The molecule has 26 heavy (non-hydrogen) atoms. The first-order chi connectivity index (χ1) is 12.8. The van der Waals surface area contributed by atoms with Gasteiger partial charge in [-0.1, -0.05) is 30.3 Å². The maximum Gasteiger partial charge on any atom is 0.278 e. The number of nitrogens with zero attached hydrogens (tertiary/aromatic N) is 3. The SMILES string of the molecule is O=C([C@@H](Sc1nnc(-c2ccc[nH]2)o1)c1ccccc1)N1CCCCC1. The second kappa shape index (κ2) is 7.78. The van der Waals surface area contributed by atoms with Crippen molar-refractivity contribution in [2.24, 2.45) is 0 Å². The van der Waals surface area contributed by atoms with E-state index in [9.17, 15) is 4.79 Å². The Morgan fingerprint density at radius 1 is 1.08 bits per heavy atom. The van der Waals surface area contributed by atoms with Gasteiger partial charge in [-0.15, -0.1) is 10.2 Å². The van der Waals surface area contributed by atoms with Crippen LogP contribution in [0, 0.1) is 0 Å². The number of carbonyl (C=O) groups excluding carboxylic acids is 1. The Morgan fingerprint density at radius 3 is 2.62 bits per heavy atom. The number of aromatic nitrogens is 3. The quantitative estimate of drug-likeness (QED) is 0.691. The Labute approximate surface area is 156 Å². The Morgan fingerprint density at radius 2 is 1.88 bits per heavy atom. The predicted molar refractivity (Wildman–Crippen MR) is 99.6 cm³/mol. The van der Waals surface area contributed by atoms with Crippen molar-refractivity contribution in [1.82, 2.24) is 20.1 Å². The summed E-state index contributed by atoms with van der Waals surface area (Å²) >= 11 is 1.32. The summed E-state index contributed by atoms with van der Waals surface area (Å²) in [6.07, 6.45) is 5.12. The molecule has 0 unspecified atom stereocenters. The molecule has 6 nitrogen and oxygen atoms in total. The van der Waals surface area contributed by atoms with Crippen molar-refractivity contribution in [3.05, 3.63) is 54.2 Å². The zero-order chi connectivity index (χ0) is 17.8. The lowest BCUT2D eigenvalue weighted by molar-refractivity contribution is -0.131. The fourth-order valence-corrected chi connectivity index (χ4v) is 4.06. The van der Waals surface area contributed by atoms with Gasteiger partial charge in [0.15, 0.2) is 0 Å². The molecule has 0 spiro atoms. The minimum Gasteiger partial charge on any atom is -0.410 e. The average Bonchev–Trinajstić information content (AvgIpc) is 3.39. The van der Waals surface area contributed by atoms with Crippen molar-refractivity contribution in [2.75, 3.05) is 13.1 Å². The van der Waals surface area contributed by atoms with Gasteiger partial charge in [-0.2, -0.15) is 0 Å². The summed E-state index contributed by atoms with van der Waals surface area (Å²) < 4.78 is 5.76. The molecule has 3 aromatic rings. The first-order valence-electron chi connectivity index (χ1n) is 8.79. The molecule has 7 heteroatoms. The van der Waals surface area contributed by atoms with E-state index in [0.717, 1.165) is 37.2 Å². The van der Waals surface area contributed by atoms with E-state index in [0.29, 0.717) is 11.1 Å². The number of likely N-dealkylation sites (tertiary alicyclic amines) is 1. The maximum atomic E-state index is 13.1. The van der Waals surface area contributed by atoms with E-state index in [4.69, 9.17) is 4.42 Å². The van der Waals surface area contributed by atoms with Crippen LogP contribution in [0.4, 0.5) is 0 Å². The third-order valence-electron chi connectivity index (χ3n) is 4.45. The van der Waals surface area contributed by atoms with E-state index in [2.05, 4.69) is 15.2 Å². The predicted octanol–water partition coefficient (Wildman–Crippen LogP) is 3.91. The van der Waals surface area contributed by atoms with Crippen molar-refractivity contribution in [3.63, 3.8) is 0 Å². The van der Waals surface area contributed by atoms with Crippen LogP contribution < -0.4 is 0 Å². The average molecular weight is 368 g/mol. The van der Waals surface area contributed by atoms with E-state index in [1.165, 1.54) is 18.2 Å². The van der Waals surface area contributed by atoms with Crippen LogP contribution in [0.5, 0.6) is 0 Å². The number of nitrogens with one attached hydrogen (secondary N) is 1. The molecule has 4 rings (SSSR count). The molecule has 1 aliphatic heterocycles. The molecule has 134 valence electrons. The normalized spacial score (nSPS) is 15.8. The minimum absolute atomic E-state index is 0.112. The van der Waals surface area contributed by atoms with Gasteiger partial charge in [-0.05, 0) is 48.7 Å². The lowest BCUT2D eigenvalue weighted by atomic mass is 10.1. The first kappa shape index (κ1) is 16.9. The van der Waals surface area contributed by atoms with Gasteiger partial charge in [-0.3, -0.25) is 4.79 Å². The fraction of sp³-hybridized carbons (Fsp3) is 0.316. The van der Waals surface area contributed by atoms with E-state index in [1.54, 1.807) is 6.20 Å². The minimum atomic E-state index is -0.383.